The third-order valence-electron chi connectivity index (χ3n) is 4.05. The lowest BCUT2D eigenvalue weighted by Crippen LogP contribution is -2.49. The maximum absolute atomic E-state index is 12.3. The first kappa shape index (κ1) is 14.5. The molecule has 0 radical (unpaired) electrons. The summed E-state index contributed by atoms with van der Waals surface area (Å²) in [4.78, 5) is 12.3. The number of hydrogen-bond acceptors (Lipinski definition) is 2. The van der Waals surface area contributed by atoms with Gasteiger partial charge in [-0.3, -0.25) is 4.79 Å². The normalized spacial score (nSPS) is 30.9. The molecule has 0 aliphatic heterocycles. The predicted molar refractivity (Wildman–Crippen MR) is 71.6 cm³/mol. The molecule has 0 aromatic heterocycles. The quantitative estimate of drug-likeness (QED) is 0.775. The monoisotopic (exact) mass is 240 g/mol. The molecule has 17 heavy (non-hydrogen) atoms. The highest BCUT2D eigenvalue weighted by molar-refractivity contribution is 5.80. The molecule has 0 bridgehead atoms. The first-order valence-corrected chi connectivity index (χ1v) is 7.16. The van der Waals surface area contributed by atoms with Crippen LogP contribution < -0.4 is 11.1 Å². The van der Waals surface area contributed by atoms with E-state index in [-0.39, 0.29) is 17.9 Å². The SMILES string of the molecule is CCCC(CC)NC(=O)C1C(C)CCCC1N. The van der Waals surface area contributed by atoms with Crippen molar-refractivity contribution in [2.24, 2.45) is 17.6 Å². The van der Waals surface area contributed by atoms with Gasteiger partial charge >= 0.3 is 0 Å². The van der Waals surface area contributed by atoms with Crippen LogP contribution in [0.25, 0.3) is 0 Å². The molecule has 1 aliphatic carbocycles. The van der Waals surface area contributed by atoms with E-state index >= 15 is 0 Å². The van der Waals surface area contributed by atoms with Gasteiger partial charge in [-0.25, -0.2) is 0 Å². The summed E-state index contributed by atoms with van der Waals surface area (Å²) in [7, 11) is 0. The van der Waals surface area contributed by atoms with Crippen LogP contribution in [0.3, 0.4) is 0 Å². The van der Waals surface area contributed by atoms with Gasteiger partial charge in [-0.15, -0.1) is 0 Å². The van der Waals surface area contributed by atoms with Crippen molar-refractivity contribution in [3.8, 4) is 0 Å². The minimum absolute atomic E-state index is 0.0228. The van der Waals surface area contributed by atoms with E-state index in [0.717, 1.165) is 38.5 Å². The summed E-state index contributed by atoms with van der Waals surface area (Å²) in [6.07, 6.45) is 6.49. The number of nitrogens with one attached hydrogen (secondary N) is 1. The molecule has 1 fully saturated rings. The van der Waals surface area contributed by atoms with Gasteiger partial charge in [0.25, 0.3) is 0 Å². The summed E-state index contributed by atoms with van der Waals surface area (Å²) in [6.45, 7) is 6.44. The smallest absolute Gasteiger partial charge is 0.225 e. The molecule has 0 aromatic rings. The molecule has 3 heteroatoms. The van der Waals surface area contributed by atoms with Crippen LogP contribution in [-0.4, -0.2) is 18.0 Å². The average Bonchev–Trinajstić information content (AvgIpc) is 2.28. The van der Waals surface area contributed by atoms with E-state index in [0.29, 0.717) is 12.0 Å². The first-order valence-electron chi connectivity index (χ1n) is 7.16. The molecule has 0 saturated heterocycles. The van der Waals surface area contributed by atoms with Crippen LogP contribution in [-0.2, 0) is 4.79 Å². The minimum Gasteiger partial charge on any atom is -0.353 e. The van der Waals surface area contributed by atoms with E-state index in [1.807, 2.05) is 0 Å². The Bertz CT molecular complexity index is 232. The average molecular weight is 240 g/mol. The fraction of sp³-hybridized carbons (Fsp3) is 0.929. The summed E-state index contributed by atoms with van der Waals surface area (Å²) in [5.74, 6) is 0.637. The maximum atomic E-state index is 12.3. The second-order valence-corrected chi connectivity index (χ2v) is 5.50. The van der Waals surface area contributed by atoms with Gasteiger partial charge in [0.1, 0.15) is 0 Å². The van der Waals surface area contributed by atoms with Gasteiger partial charge in [0.05, 0.1) is 5.92 Å². The molecule has 0 spiro atoms. The highest BCUT2D eigenvalue weighted by Crippen LogP contribution is 2.29. The molecule has 4 unspecified atom stereocenters. The number of carbonyl (C=O) groups excluding carboxylic acids is 1. The molecule has 0 heterocycles. The molecule has 0 aromatic carbocycles. The lowest BCUT2D eigenvalue weighted by molar-refractivity contribution is -0.129. The van der Waals surface area contributed by atoms with Gasteiger partial charge in [0, 0.05) is 12.1 Å². The van der Waals surface area contributed by atoms with Gasteiger partial charge in [0.15, 0.2) is 0 Å². The van der Waals surface area contributed by atoms with Crippen LogP contribution in [0, 0.1) is 11.8 Å². The third-order valence-corrected chi connectivity index (χ3v) is 4.05. The van der Waals surface area contributed by atoms with Crippen molar-refractivity contribution in [2.45, 2.75) is 71.4 Å². The van der Waals surface area contributed by atoms with E-state index in [2.05, 4.69) is 26.1 Å². The molecule has 1 amide bonds. The number of nitrogens with two attached hydrogens (primary N) is 1. The number of carbonyl (C=O) groups is 1. The van der Waals surface area contributed by atoms with Gasteiger partial charge < -0.3 is 11.1 Å². The molecule has 3 N–H and O–H groups in total. The fourth-order valence-corrected chi connectivity index (χ4v) is 2.93. The van der Waals surface area contributed by atoms with Crippen LogP contribution in [0.5, 0.6) is 0 Å². The minimum atomic E-state index is 0.0228. The van der Waals surface area contributed by atoms with Gasteiger partial charge in [0.2, 0.25) is 5.91 Å². The van der Waals surface area contributed by atoms with Gasteiger partial charge in [-0.1, -0.05) is 33.6 Å². The molecule has 4 atom stereocenters. The molecule has 3 nitrogen and oxygen atoms in total. The van der Waals surface area contributed by atoms with Crippen molar-refractivity contribution < 1.29 is 4.79 Å². The maximum Gasteiger partial charge on any atom is 0.225 e. The van der Waals surface area contributed by atoms with Crippen molar-refractivity contribution in [1.82, 2.24) is 5.32 Å². The first-order chi connectivity index (χ1) is 8.10. The summed E-state index contributed by atoms with van der Waals surface area (Å²) >= 11 is 0. The second kappa shape index (κ2) is 7.00. The van der Waals surface area contributed by atoms with Crippen molar-refractivity contribution >= 4 is 5.91 Å². The highest BCUT2D eigenvalue weighted by atomic mass is 16.2. The molecule has 1 rings (SSSR count). The zero-order valence-corrected chi connectivity index (χ0v) is 11.5. The van der Waals surface area contributed by atoms with Crippen LogP contribution in [0.4, 0.5) is 0 Å². The number of amides is 1. The largest absolute Gasteiger partial charge is 0.353 e. The molecule has 1 saturated carbocycles. The number of hydrogen-bond donors (Lipinski definition) is 2. The van der Waals surface area contributed by atoms with E-state index in [1.165, 1.54) is 0 Å². The zero-order valence-electron chi connectivity index (χ0n) is 11.5. The van der Waals surface area contributed by atoms with Crippen LogP contribution in [0.2, 0.25) is 0 Å². The van der Waals surface area contributed by atoms with Crippen molar-refractivity contribution in [3.63, 3.8) is 0 Å². The molecular formula is C14H28N2O. The third kappa shape index (κ3) is 3.98. The Balaban J connectivity index is 2.54. The van der Waals surface area contributed by atoms with E-state index < -0.39 is 0 Å². The Labute approximate surface area is 106 Å². The van der Waals surface area contributed by atoms with Gasteiger partial charge in [-0.2, -0.15) is 0 Å². The van der Waals surface area contributed by atoms with Crippen LogP contribution in [0.1, 0.15) is 59.3 Å². The van der Waals surface area contributed by atoms with Crippen LogP contribution >= 0.6 is 0 Å². The Morgan fingerprint density at radius 2 is 2.12 bits per heavy atom. The van der Waals surface area contributed by atoms with E-state index in [9.17, 15) is 4.79 Å². The zero-order chi connectivity index (χ0) is 12.8. The summed E-state index contributed by atoms with van der Waals surface area (Å²) in [6, 6.07) is 0.381. The van der Waals surface area contributed by atoms with Gasteiger partial charge in [-0.05, 0) is 31.6 Å². The predicted octanol–water partition coefficient (Wildman–Crippen LogP) is 2.44. The van der Waals surface area contributed by atoms with Crippen molar-refractivity contribution in [3.05, 3.63) is 0 Å². The van der Waals surface area contributed by atoms with E-state index in [4.69, 9.17) is 5.73 Å². The lowest BCUT2D eigenvalue weighted by Gasteiger charge is -2.34. The standard InChI is InChI=1S/C14H28N2O/c1-4-7-11(5-2)16-14(17)13-10(3)8-6-9-12(13)15/h10-13H,4-9,15H2,1-3H3,(H,16,17). The van der Waals surface area contributed by atoms with Crippen molar-refractivity contribution in [1.29, 1.82) is 0 Å². The topological polar surface area (TPSA) is 55.1 Å². The van der Waals surface area contributed by atoms with Crippen LogP contribution in [0.15, 0.2) is 0 Å². The fourth-order valence-electron chi connectivity index (χ4n) is 2.93. The second-order valence-electron chi connectivity index (χ2n) is 5.50. The molecular weight excluding hydrogens is 212 g/mol. The molecule has 1 aliphatic rings. The lowest BCUT2D eigenvalue weighted by atomic mass is 9.76. The van der Waals surface area contributed by atoms with E-state index in [1.54, 1.807) is 0 Å². The highest BCUT2D eigenvalue weighted by Gasteiger charge is 2.34. The Morgan fingerprint density at radius 1 is 1.41 bits per heavy atom. The number of rotatable bonds is 5. The Hall–Kier alpha value is -0.570. The summed E-state index contributed by atoms with van der Waals surface area (Å²) in [5.41, 5.74) is 6.10. The Kier molecular flexibility index (Phi) is 5.96. The Morgan fingerprint density at radius 3 is 2.65 bits per heavy atom. The summed E-state index contributed by atoms with van der Waals surface area (Å²) < 4.78 is 0. The molecule has 100 valence electrons. The van der Waals surface area contributed by atoms with Crippen molar-refractivity contribution in [2.75, 3.05) is 0 Å². The summed E-state index contributed by atoms with van der Waals surface area (Å²) in [5, 5.41) is 3.18.